The number of carbonyl (C=O) groups is 4. The maximum Gasteiger partial charge on any atom is 0.338 e. The van der Waals surface area contributed by atoms with Gasteiger partial charge in [-0.1, -0.05) is 18.9 Å². The summed E-state index contributed by atoms with van der Waals surface area (Å²) in [5.74, 6) is -1.55. The zero-order valence-corrected chi connectivity index (χ0v) is 13.8. The molecule has 0 unspecified atom stereocenters. The molecule has 0 aromatic heterocycles. The molecule has 7 heteroatoms. The lowest BCUT2D eigenvalue weighted by Crippen LogP contribution is -2.35. The first-order valence-corrected chi connectivity index (χ1v) is 8.47. The summed E-state index contributed by atoms with van der Waals surface area (Å²) in [4.78, 5) is 48.6. The molecule has 2 fully saturated rings. The fourth-order valence-corrected chi connectivity index (χ4v) is 3.19. The van der Waals surface area contributed by atoms with Gasteiger partial charge >= 0.3 is 5.97 Å². The lowest BCUT2D eigenvalue weighted by Gasteiger charge is -2.15. The molecule has 1 aliphatic heterocycles. The van der Waals surface area contributed by atoms with Crippen LogP contribution in [0.15, 0.2) is 24.3 Å². The average Bonchev–Trinajstić information content (AvgIpc) is 3.22. The van der Waals surface area contributed by atoms with Crippen molar-refractivity contribution in [3.05, 3.63) is 29.8 Å². The van der Waals surface area contributed by atoms with Gasteiger partial charge in [-0.15, -0.1) is 0 Å². The summed E-state index contributed by atoms with van der Waals surface area (Å²) in [5, 5.41) is 2.84. The predicted octanol–water partition coefficient (Wildman–Crippen LogP) is 1.56. The monoisotopic (exact) mass is 344 g/mol. The van der Waals surface area contributed by atoms with Crippen molar-refractivity contribution >= 4 is 29.4 Å². The molecule has 0 radical (unpaired) electrons. The first kappa shape index (κ1) is 17.1. The summed E-state index contributed by atoms with van der Waals surface area (Å²) in [6.45, 7) is -0.346. The third-order valence-electron chi connectivity index (χ3n) is 4.45. The highest BCUT2D eigenvalue weighted by molar-refractivity contribution is 6.20. The molecule has 25 heavy (non-hydrogen) atoms. The number of rotatable bonds is 5. The molecular formula is C18H20N2O5. The lowest BCUT2D eigenvalue weighted by atomic mass is 10.2. The van der Waals surface area contributed by atoms with E-state index in [1.54, 1.807) is 12.1 Å². The van der Waals surface area contributed by atoms with Crippen molar-refractivity contribution in [1.29, 1.82) is 0 Å². The van der Waals surface area contributed by atoms with Gasteiger partial charge in [0.1, 0.15) is 0 Å². The van der Waals surface area contributed by atoms with Gasteiger partial charge in [-0.25, -0.2) is 4.79 Å². The van der Waals surface area contributed by atoms with E-state index in [1.165, 1.54) is 12.1 Å². The summed E-state index contributed by atoms with van der Waals surface area (Å²) >= 11 is 0. The second-order valence-electron chi connectivity index (χ2n) is 6.30. The Bertz CT molecular complexity index is 693. The Labute approximate surface area is 145 Å². The van der Waals surface area contributed by atoms with Crippen LogP contribution in [0.2, 0.25) is 0 Å². The summed E-state index contributed by atoms with van der Waals surface area (Å²) in [5.41, 5.74) is 0.538. The number of amides is 3. The highest BCUT2D eigenvalue weighted by atomic mass is 16.5. The van der Waals surface area contributed by atoms with E-state index in [2.05, 4.69) is 5.32 Å². The number of nitrogens with zero attached hydrogens (tertiary/aromatic N) is 1. The van der Waals surface area contributed by atoms with E-state index < -0.39 is 5.97 Å². The maximum absolute atomic E-state index is 12.1. The fraction of sp³-hybridized carbons (Fsp3) is 0.444. The molecule has 3 amide bonds. The van der Waals surface area contributed by atoms with Gasteiger partial charge < -0.3 is 10.1 Å². The van der Waals surface area contributed by atoms with Gasteiger partial charge in [0.25, 0.3) is 5.91 Å². The van der Waals surface area contributed by atoms with E-state index in [1.807, 2.05) is 0 Å². The molecule has 2 aliphatic rings. The van der Waals surface area contributed by atoms with Gasteiger partial charge in [-0.2, -0.15) is 0 Å². The minimum atomic E-state index is -0.664. The van der Waals surface area contributed by atoms with Crippen LogP contribution in [0.5, 0.6) is 0 Å². The summed E-state index contributed by atoms with van der Waals surface area (Å²) in [7, 11) is 0. The van der Waals surface area contributed by atoms with E-state index in [4.69, 9.17) is 4.74 Å². The quantitative estimate of drug-likeness (QED) is 0.646. The summed E-state index contributed by atoms with van der Waals surface area (Å²) in [6.07, 6.45) is 4.47. The average molecular weight is 344 g/mol. The number of imide groups is 1. The molecule has 1 N–H and O–H groups in total. The minimum Gasteiger partial charge on any atom is -0.452 e. The smallest absolute Gasteiger partial charge is 0.338 e. The number of ether oxygens (including phenoxy) is 1. The number of nitrogens with one attached hydrogen (secondary N) is 1. The van der Waals surface area contributed by atoms with Crippen LogP contribution in [0.3, 0.4) is 0 Å². The van der Waals surface area contributed by atoms with E-state index in [9.17, 15) is 19.2 Å². The van der Waals surface area contributed by atoms with E-state index in [-0.39, 0.29) is 48.8 Å². The number of anilines is 1. The van der Waals surface area contributed by atoms with Gasteiger partial charge in [-0.05, 0) is 31.0 Å². The molecular weight excluding hydrogens is 324 g/mol. The molecule has 1 aromatic carbocycles. The van der Waals surface area contributed by atoms with Gasteiger partial charge in [0.15, 0.2) is 6.61 Å². The highest BCUT2D eigenvalue weighted by Gasteiger charge is 2.30. The molecule has 1 saturated heterocycles. The van der Waals surface area contributed by atoms with Crippen molar-refractivity contribution < 1.29 is 23.9 Å². The molecule has 0 atom stereocenters. The first-order chi connectivity index (χ1) is 12.0. The van der Waals surface area contributed by atoms with Crippen molar-refractivity contribution in [1.82, 2.24) is 5.32 Å². The fourth-order valence-electron chi connectivity index (χ4n) is 3.19. The maximum atomic E-state index is 12.1. The van der Waals surface area contributed by atoms with Crippen LogP contribution < -0.4 is 10.2 Å². The van der Waals surface area contributed by atoms with Crippen molar-refractivity contribution in [3.8, 4) is 0 Å². The Hall–Kier alpha value is -2.70. The van der Waals surface area contributed by atoms with Gasteiger partial charge in [-0.3, -0.25) is 19.3 Å². The first-order valence-electron chi connectivity index (χ1n) is 8.47. The van der Waals surface area contributed by atoms with Gasteiger partial charge in [0.05, 0.1) is 11.3 Å². The largest absolute Gasteiger partial charge is 0.452 e. The number of carbonyl (C=O) groups excluding carboxylic acids is 4. The molecule has 1 aliphatic carbocycles. The molecule has 0 bridgehead atoms. The topological polar surface area (TPSA) is 92.8 Å². The van der Waals surface area contributed by atoms with Crippen molar-refractivity contribution in [2.75, 3.05) is 11.5 Å². The van der Waals surface area contributed by atoms with Crippen LogP contribution in [0.25, 0.3) is 0 Å². The Morgan fingerprint density at radius 3 is 2.48 bits per heavy atom. The van der Waals surface area contributed by atoms with Crippen LogP contribution in [-0.4, -0.2) is 36.3 Å². The molecule has 3 rings (SSSR count). The zero-order chi connectivity index (χ0) is 17.8. The SMILES string of the molecule is O=C(COC(=O)c1cccc(N2C(=O)CCC2=O)c1)NC1CCCC1. The Kier molecular flexibility index (Phi) is 5.11. The Morgan fingerprint density at radius 1 is 1.12 bits per heavy atom. The third-order valence-corrected chi connectivity index (χ3v) is 4.45. The molecule has 132 valence electrons. The van der Waals surface area contributed by atoms with Crippen molar-refractivity contribution in [2.45, 2.75) is 44.6 Å². The van der Waals surface area contributed by atoms with Gasteiger partial charge in [0.2, 0.25) is 11.8 Å². The summed E-state index contributed by atoms with van der Waals surface area (Å²) < 4.78 is 5.03. The van der Waals surface area contributed by atoms with Gasteiger partial charge in [0, 0.05) is 18.9 Å². The zero-order valence-electron chi connectivity index (χ0n) is 13.8. The second kappa shape index (κ2) is 7.46. The molecule has 1 heterocycles. The van der Waals surface area contributed by atoms with E-state index >= 15 is 0 Å². The van der Waals surface area contributed by atoms with Crippen LogP contribution in [-0.2, 0) is 19.1 Å². The van der Waals surface area contributed by atoms with E-state index in [0.29, 0.717) is 5.69 Å². The molecule has 1 saturated carbocycles. The molecule has 1 aromatic rings. The van der Waals surface area contributed by atoms with Crippen molar-refractivity contribution in [2.24, 2.45) is 0 Å². The molecule has 7 nitrogen and oxygen atoms in total. The van der Waals surface area contributed by atoms with Crippen LogP contribution in [0, 0.1) is 0 Å². The number of esters is 1. The number of hydrogen-bond donors (Lipinski definition) is 1. The predicted molar refractivity (Wildman–Crippen MR) is 88.9 cm³/mol. The van der Waals surface area contributed by atoms with Crippen LogP contribution in [0.4, 0.5) is 5.69 Å². The third kappa shape index (κ3) is 4.04. The minimum absolute atomic E-state index is 0.168. The lowest BCUT2D eigenvalue weighted by molar-refractivity contribution is -0.125. The standard InChI is InChI=1S/C18H20N2O5/c21-15(19-13-5-1-2-6-13)11-25-18(24)12-4-3-7-14(10-12)20-16(22)8-9-17(20)23/h3-4,7,10,13H,1-2,5-6,8-9,11H2,(H,19,21). The number of hydrogen-bond acceptors (Lipinski definition) is 5. The van der Waals surface area contributed by atoms with Crippen LogP contribution >= 0.6 is 0 Å². The Morgan fingerprint density at radius 2 is 1.80 bits per heavy atom. The van der Waals surface area contributed by atoms with Crippen LogP contribution in [0.1, 0.15) is 48.9 Å². The van der Waals surface area contributed by atoms with E-state index in [0.717, 1.165) is 30.6 Å². The Balaban J connectivity index is 1.58. The van der Waals surface area contributed by atoms with Crippen molar-refractivity contribution in [3.63, 3.8) is 0 Å². The summed E-state index contributed by atoms with van der Waals surface area (Å²) in [6, 6.07) is 6.28. The highest BCUT2D eigenvalue weighted by Crippen LogP contribution is 2.23. The molecule has 0 spiro atoms. The number of benzene rings is 1. The second-order valence-corrected chi connectivity index (χ2v) is 6.30. The normalized spacial score (nSPS) is 17.8.